The molecule has 0 saturated carbocycles. The maximum absolute atomic E-state index is 12.7. The molecule has 0 aromatic heterocycles. The minimum Gasteiger partial charge on any atom is -0.352 e. The van der Waals surface area contributed by atoms with Gasteiger partial charge in [-0.3, -0.25) is 9.52 Å². The lowest BCUT2D eigenvalue weighted by atomic mass is 10.2. The largest absolute Gasteiger partial charge is 0.352 e. The molecule has 1 heterocycles. The molecule has 1 fully saturated rings. The number of hydrogen-bond donors (Lipinski definition) is 2. The number of carbonyl (C=O) groups is 1. The van der Waals surface area contributed by atoms with Crippen LogP contribution in [0.15, 0.2) is 57.9 Å². The fourth-order valence-corrected chi connectivity index (χ4v) is 4.58. The summed E-state index contributed by atoms with van der Waals surface area (Å²) in [4.78, 5) is 17.2. The summed E-state index contributed by atoms with van der Waals surface area (Å²) in [6.45, 7) is 5.74. The van der Waals surface area contributed by atoms with E-state index in [2.05, 4.69) is 42.8 Å². The second-order valence-corrected chi connectivity index (χ2v) is 9.99. The number of halogens is 1. The van der Waals surface area contributed by atoms with Crippen LogP contribution in [0.1, 0.15) is 16.8 Å². The van der Waals surface area contributed by atoms with Crippen molar-refractivity contribution < 1.29 is 13.2 Å². The van der Waals surface area contributed by atoms with Crippen molar-refractivity contribution in [2.45, 2.75) is 11.3 Å². The van der Waals surface area contributed by atoms with Crippen LogP contribution >= 0.6 is 15.9 Å². The number of carbonyl (C=O) groups excluding carboxylic acids is 1. The Kier molecular flexibility index (Phi) is 7.87. The van der Waals surface area contributed by atoms with E-state index in [1.54, 1.807) is 36.4 Å². The zero-order valence-electron chi connectivity index (χ0n) is 17.0. The molecule has 7 nitrogen and oxygen atoms in total. The minimum absolute atomic E-state index is 0.0514. The molecule has 2 N–H and O–H groups in total. The smallest absolute Gasteiger partial charge is 0.261 e. The number of nitrogens with zero attached hydrogens (tertiary/aromatic N) is 2. The van der Waals surface area contributed by atoms with Crippen LogP contribution in [0.25, 0.3) is 0 Å². The summed E-state index contributed by atoms with van der Waals surface area (Å²) in [6.07, 6.45) is 0.860. The van der Waals surface area contributed by atoms with Crippen LogP contribution in [0.2, 0.25) is 0 Å². The summed E-state index contributed by atoms with van der Waals surface area (Å²) in [5.41, 5.74) is 0.783. The molecule has 30 heavy (non-hydrogen) atoms. The van der Waals surface area contributed by atoms with Gasteiger partial charge in [-0.2, -0.15) is 0 Å². The topological polar surface area (TPSA) is 81.8 Å². The first-order valence-corrected chi connectivity index (χ1v) is 12.2. The Bertz CT molecular complexity index is 958. The van der Waals surface area contributed by atoms with Crippen molar-refractivity contribution in [1.29, 1.82) is 0 Å². The highest BCUT2D eigenvalue weighted by Crippen LogP contribution is 2.19. The number of likely N-dealkylation sites (N-methyl/N-ethyl adjacent to an activating group) is 1. The highest BCUT2D eigenvalue weighted by molar-refractivity contribution is 9.10. The number of piperazine rings is 1. The van der Waals surface area contributed by atoms with Gasteiger partial charge >= 0.3 is 0 Å². The average Bonchev–Trinajstić information content (AvgIpc) is 2.74. The Morgan fingerprint density at radius 3 is 2.47 bits per heavy atom. The summed E-state index contributed by atoms with van der Waals surface area (Å²) in [5, 5.41) is 2.89. The molecule has 0 atom stereocenters. The number of sulfonamides is 1. The molecule has 162 valence electrons. The van der Waals surface area contributed by atoms with Crippen LogP contribution < -0.4 is 10.0 Å². The van der Waals surface area contributed by atoms with Gasteiger partial charge in [-0.05, 0) is 62.5 Å². The number of benzene rings is 2. The van der Waals surface area contributed by atoms with Gasteiger partial charge in [-0.1, -0.05) is 22.0 Å². The summed E-state index contributed by atoms with van der Waals surface area (Å²) in [5.74, 6) is -0.269. The Morgan fingerprint density at radius 2 is 1.77 bits per heavy atom. The highest BCUT2D eigenvalue weighted by Gasteiger charge is 2.17. The Hall–Kier alpha value is -1.94. The predicted molar refractivity (Wildman–Crippen MR) is 122 cm³/mol. The fourth-order valence-electron chi connectivity index (χ4n) is 3.21. The van der Waals surface area contributed by atoms with Gasteiger partial charge in [0.25, 0.3) is 15.9 Å². The van der Waals surface area contributed by atoms with Crippen molar-refractivity contribution in [2.75, 3.05) is 51.0 Å². The molecule has 0 aliphatic carbocycles. The van der Waals surface area contributed by atoms with E-state index in [1.165, 1.54) is 12.1 Å². The summed E-state index contributed by atoms with van der Waals surface area (Å²) in [7, 11) is -1.66. The van der Waals surface area contributed by atoms with Gasteiger partial charge in [0.05, 0.1) is 4.90 Å². The zero-order valence-corrected chi connectivity index (χ0v) is 19.4. The third kappa shape index (κ3) is 6.53. The van der Waals surface area contributed by atoms with Gasteiger partial charge in [0, 0.05) is 48.4 Å². The van der Waals surface area contributed by atoms with E-state index in [1.807, 2.05) is 0 Å². The standard InChI is InChI=1S/C21H27BrN4O3S/c1-25-12-14-26(15-13-25)11-3-10-23-21(27)17-4-2-5-20(16-17)30(28,29)24-19-8-6-18(22)7-9-19/h2,4-9,16,24H,3,10-15H2,1H3,(H,23,27). The van der Waals surface area contributed by atoms with E-state index < -0.39 is 10.0 Å². The number of hydrogen-bond acceptors (Lipinski definition) is 5. The number of nitrogens with one attached hydrogen (secondary N) is 2. The molecule has 1 saturated heterocycles. The molecular weight excluding hydrogens is 468 g/mol. The molecule has 2 aromatic carbocycles. The van der Waals surface area contributed by atoms with E-state index in [9.17, 15) is 13.2 Å². The predicted octanol–water partition coefficient (Wildman–Crippen LogP) is 2.62. The molecule has 0 spiro atoms. The van der Waals surface area contributed by atoms with Gasteiger partial charge in [0.15, 0.2) is 0 Å². The molecule has 0 unspecified atom stereocenters. The molecule has 0 radical (unpaired) electrons. The average molecular weight is 495 g/mol. The first kappa shape index (κ1) is 22.7. The normalized spacial score (nSPS) is 15.7. The molecule has 2 aromatic rings. The summed E-state index contributed by atoms with van der Waals surface area (Å²) >= 11 is 3.32. The maximum Gasteiger partial charge on any atom is 0.261 e. The van der Waals surface area contributed by atoms with Gasteiger partial charge in [-0.15, -0.1) is 0 Å². The highest BCUT2D eigenvalue weighted by atomic mass is 79.9. The van der Waals surface area contributed by atoms with E-state index in [-0.39, 0.29) is 10.8 Å². The van der Waals surface area contributed by atoms with Crippen molar-refractivity contribution >= 4 is 37.5 Å². The quantitative estimate of drug-likeness (QED) is 0.551. The second kappa shape index (κ2) is 10.4. The van der Waals surface area contributed by atoms with Gasteiger partial charge in [0.2, 0.25) is 0 Å². The summed E-state index contributed by atoms with van der Waals surface area (Å²) in [6, 6.07) is 12.9. The molecular formula is C21H27BrN4O3S. The van der Waals surface area contributed by atoms with Gasteiger partial charge < -0.3 is 15.1 Å². The molecule has 1 aliphatic heterocycles. The van der Waals surface area contributed by atoms with Crippen LogP contribution in [0.5, 0.6) is 0 Å². The minimum atomic E-state index is -3.78. The van der Waals surface area contributed by atoms with Gasteiger partial charge in [-0.25, -0.2) is 8.42 Å². The first-order chi connectivity index (χ1) is 14.3. The Morgan fingerprint density at radius 1 is 1.07 bits per heavy atom. The third-order valence-corrected chi connectivity index (χ3v) is 6.94. The SMILES string of the molecule is CN1CCN(CCCNC(=O)c2cccc(S(=O)(=O)Nc3ccc(Br)cc3)c2)CC1. The lowest BCUT2D eigenvalue weighted by Crippen LogP contribution is -2.45. The number of rotatable bonds is 8. The van der Waals surface area contributed by atoms with Crippen molar-refractivity contribution in [3.63, 3.8) is 0 Å². The van der Waals surface area contributed by atoms with E-state index in [0.717, 1.165) is 43.6 Å². The van der Waals surface area contributed by atoms with Crippen molar-refractivity contribution in [3.8, 4) is 0 Å². The zero-order chi connectivity index (χ0) is 21.6. The Labute approximate surface area is 186 Å². The number of anilines is 1. The Balaban J connectivity index is 1.53. The van der Waals surface area contributed by atoms with Crippen LogP contribution in [0.3, 0.4) is 0 Å². The van der Waals surface area contributed by atoms with E-state index in [0.29, 0.717) is 17.8 Å². The van der Waals surface area contributed by atoms with Crippen LogP contribution in [-0.2, 0) is 10.0 Å². The second-order valence-electron chi connectivity index (χ2n) is 7.39. The lowest BCUT2D eigenvalue weighted by molar-refractivity contribution is 0.0949. The molecule has 1 aliphatic rings. The van der Waals surface area contributed by atoms with Crippen molar-refractivity contribution in [3.05, 3.63) is 58.6 Å². The van der Waals surface area contributed by atoms with Crippen molar-refractivity contribution in [2.24, 2.45) is 0 Å². The summed E-state index contributed by atoms with van der Waals surface area (Å²) < 4.78 is 28.7. The molecule has 1 amide bonds. The molecule has 0 bridgehead atoms. The van der Waals surface area contributed by atoms with Crippen LogP contribution in [-0.4, -0.2) is 70.4 Å². The molecule has 3 rings (SSSR count). The van der Waals surface area contributed by atoms with Gasteiger partial charge in [0.1, 0.15) is 0 Å². The van der Waals surface area contributed by atoms with Crippen molar-refractivity contribution in [1.82, 2.24) is 15.1 Å². The van der Waals surface area contributed by atoms with Crippen LogP contribution in [0, 0.1) is 0 Å². The maximum atomic E-state index is 12.7. The third-order valence-electron chi connectivity index (χ3n) is 5.04. The number of amides is 1. The lowest BCUT2D eigenvalue weighted by Gasteiger charge is -2.32. The van der Waals surface area contributed by atoms with E-state index >= 15 is 0 Å². The van der Waals surface area contributed by atoms with E-state index in [4.69, 9.17) is 0 Å². The fraction of sp³-hybridized carbons (Fsp3) is 0.381. The molecule has 9 heteroatoms. The monoisotopic (exact) mass is 494 g/mol. The van der Waals surface area contributed by atoms with Crippen LogP contribution in [0.4, 0.5) is 5.69 Å². The first-order valence-electron chi connectivity index (χ1n) is 9.91.